The molecular formula is C31H29N5O. The molecule has 3 aromatic carbocycles. The van der Waals surface area contributed by atoms with Gasteiger partial charge in [-0.2, -0.15) is 0 Å². The summed E-state index contributed by atoms with van der Waals surface area (Å²) in [4.78, 5) is 24.9. The van der Waals surface area contributed by atoms with Crippen LogP contribution < -0.4 is 10.6 Å². The minimum atomic E-state index is -0.111. The lowest BCUT2D eigenvalue weighted by Crippen LogP contribution is -2.27. The van der Waals surface area contributed by atoms with Crippen molar-refractivity contribution in [2.45, 2.75) is 25.8 Å². The molecule has 1 amide bonds. The van der Waals surface area contributed by atoms with Crippen molar-refractivity contribution in [3.05, 3.63) is 107 Å². The van der Waals surface area contributed by atoms with Crippen LogP contribution in [0.2, 0.25) is 0 Å². The first-order valence-corrected chi connectivity index (χ1v) is 12.7. The van der Waals surface area contributed by atoms with Gasteiger partial charge in [0, 0.05) is 35.4 Å². The summed E-state index contributed by atoms with van der Waals surface area (Å²) in [5.74, 6) is 0.433. The molecule has 0 saturated heterocycles. The average Bonchev–Trinajstić information content (AvgIpc) is 2.93. The van der Waals surface area contributed by atoms with E-state index in [0.29, 0.717) is 11.5 Å². The Bertz CT molecular complexity index is 1540. The van der Waals surface area contributed by atoms with Crippen LogP contribution in [0.25, 0.3) is 16.5 Å². The molecule has 2 heterocycles. The number of carbonyl (C=O) groups excluding carboxylic acids is 1. The van der Waals surface area contributed by atoms with Crippen molar-refractivity contribution >= 4 is 39.7 Å². The van der Waals surface area contributed by atoms with E-state index in [1.807, 2.05) is 54.6 Å². The lowest BCUT2D eigenvalue weighted by Gasteiger charge is -2.26. The molecule has 0 fully saturated rings. The number of allylic oxidation sites excluding steroid dienone is 4. The maximum atomic E-state index is 13.0. The van der Waals surface area contributed by atoms with Crippen molar-refractivity contribution in [3.63, 3.8) is 0 Å². The molecule has 0 spiro atoms. The van der Waals surface area contributed by atoms with E-state index in [4.69, 9.17) is 9.97 Å². The van der Waals surface area contributed by atoms with Crippen LogP contribution >= 0.6 is 0 Å². The number of amides is 1. The summed E-state index contributed by atoms with van der Waals surface area (Å²) < 4.78 is 0. The molecule has 0 bridgehead atoms. The van der Waals surface area contributed by atoms with Crippen LogP contribution in [-0.2, 0) is 13.0 Å². The third kappa shape index (κ3) is 4.88. The van der Waals surface area contributed by atoms with E-state index < -0.39 is 0 Å². The molecule has 0 atom stereocenters. The first-order chi connectivity index (χ1) is 18.1. The smallest absolute Gasteiger partial charge is 0.255 e. The number of anilines is 3. The average molecular weight is 488 g/mol. The van der Waals surface area contributed by atoms with Crippen LogP contribution in [0.4, 0.5) is 17.3 Å². The summed E-state index contributed by atoms with van der Waals surface area (Å²) in [6, 6.07) is 21.7. The number of carbonyl (C=O) groups is 1. The second-order valence-electron chi connectivity index (χ2n) is 9.66. The van der Waals surface area contributed by atoms with Crippen molar-refractivity contribution in [3.8, 4) is 0 Å². The molecule has 184 valence electrons. The topological polar surface area (TPSA) is 70.2 Å². The van der Waals surface area contributed by atoms with E-state index in [-0.39, 0.29) is 5.91 Å². The fourth-order valence-electron chi connectivity index (χ4n) is 5.07. The second-order valence-corrected chi connectivity index (χ2v) is 9.66. The Kier molecular flexibility index (Phi) is 6.25. The normalized spacial score (nSPS) is 15.2. The minimum absolute atomic E-state index is 0.111. The summed E-state index contributed by atoms with van der Waals surface area (Å²) in [5, 5.41) is 7.50. The fourth-order valence-corrected chi connectivity index (χ4v) is 5.07. The highest BCUT2D eigenvalue weighted by Gasteiger charge is 2.18. The van der Waals surface area contributed by atoms with Crippen molar-refractivity contribution < 1.29 is 4.79 Å². The van der Waals surface area contributed by atoms with Gasteiger partial charge in [-0.3, -0.25) is 4.79 Å². The van der Waals surface area contributed by atoms with Crippen LogP contribution in [0.1, 0.15) is 40.0 Å². The zero-order valence-electron chi connectivity index (χ0n) is 20.9. The van der Waals surface area contributed by atoms with E-state index in [1.54, 1.807) is 0 Å². The predicted molar refractivity (Wildman–Crippen MR) is 150 cm³/mol. The number of hydrogen-bond acceptors (Lipinski definition) is 5. The Morgan fingerprint density at radius 1 is 0.946 bits per heavy atom. The molecule has 6 nitrogen and oxygen atoms in total. The minimum Gasteiger partial charge on any atom is -0.324 e. The van der Waals surface area contributed by atoms with Gasteiger partial charge in [0.05, 0.1) is 11.2 Å². The van der Waals surface area contributed by atoms with E-state index in [0.717, 1.165) is 60.3 Å². The van der Waals surface area contributed by atoms with Gasteiger partial charge in [0.15, 0.2) is 0 Å². The van der Waals surface area contributed by atoms with Crippen LogP contribution in [0, 0.1) is 0 Å². The van der Waals surface area contributed by atoms with Gasteiger partial charge in [-0.15, -0.1) is 0 Å². The molecular weight excluding hydrogens is 458 g/mol. The Labute approximate surface area is 216 Å². The summed E-state index contributed by atoms with van der Waals surface area (Å²) in [6.45, 7) is 1.90. The van der Waals surface area contributed by atoms with Gasteiger partial charge in [0.1, 0.15) is 0 Å². The zero-order valence-corrected chi connectivity index (χ0v) is 20.9. The summed E-state index contributed by atoms with van der Waals surface area (Å²) in [7, 11) is 2.12. The number of benzene rings is 3. The van der Waals surface area contributed by atoms with Crippen molar-refractivity contribution in [2.75, 3.05) is 24.2 Å². The third-order valence-corrected chi connectivity index (χ3v) is 7.03. The zero-order chi connectivity index (χ0) is 25.2. The highest BCUT2D eigenvalue weighted by molar-refractivity contribution is 6.05. The third-order valence-electron chi connectivity index (χ3n) is 7.03. The lowest BCUT2D eigenvalue weighted by molar-refractivity contribution is 0.102. The molecule has 1 aromatic heterocycles. The fraction of sp³-hybridized carbons (Fsp3) is 0.194. The Hall–Kier alpha value is -4.29. The second kappa shape index (κ2) is 9.99. The van der Waals surface area contributed by atoms with Crippen molar-refractivity contribution in [1.29, 1.82) is 0 Å². The molecule has 1 aliphatic heterocycles. The van der Waals surface area contributed by atoms with E-state index in [1.165, 1.54) is 16.7 Å². The van der Waals surface area contributed by atoms with Crippen LogP contribution in [0.5, 0.6) is 0 Å². The Morgan fingerprint density at radius 3 is 2.65 bits per heavy atom. The summed E-state index contributed by atoms with van der Waals surface area (Å²) in [6.07, 6.45) is 9.32. The van der Waals surface area contributed by atoms with Crippen molar-refractivity contribution in [2.24, 2.45) is 0 Å². The maximum Gasteiger partial charge on any atom is 0.255 e. The predicted octanol–water partition coefficient (Wildman–Crippen LogP) is 6.35. The number of nitrogens with one attached hydrogen (secondary N) is 2. The number of likely N-dealkylation sites (N-methyl/N-ethyl adjacent to an activating group) is 1. The molecule has 6 heteroatoms. The molecule has 6 rings (SSSR count). The van der Waals surface area contributed by atoms with Gasteiger partial charge in [-0.05, 0) is 79.4 Å². The van der Waals surface area contributed by atoms with Gasteiger partial charge in [0.2, 0.25) is 5.95 Å². The molecule has 1 aliphatic carbocycles. The molecule has 2 aliphatic rings. The Morgan fingerprint density at radius 2 is 1.81 bits per heavy atom. The number of para-hydroxylation sites is 1. The van der Waals surface area contributed by atoms with Gasteiger partial charge < -0.3 is 15.5 Å². The number of rotatable bonds is 5. The largest absolute Gasteiger partial charge is 0.324 e. The highest BCUT2D eigenvalue weighted by Crippen LogP contribution is 2.30. The molecule has 37 heavy (non-hydrogen) atoms. The van der Waals surface area contributed by atoms with Crippen LogP contribution in [-0.4, -0.2) is 34.4 Å². The monoisotopic (exact) mass is 487 g/mol. The first-order valence-electron chi connectivity index (χ1n) is 12.7. The van der Waals surface area contributed by atoms with Gasteiger partial charge >= 0.3 is 0 Å². The van der Waals surface area contributed by atoms with Gasteiger partial charge in [0.25, 0.3) is 5.91 Å². The SMILES string of the molecule is CN1CCc2c(cccc2NC(=O)c2ccc(Nc3nc(C4=CC=CCC4)c4ccccc4n3)cc2)C1. The maximum absolute atomic E-state index is 13.0. The number of nitrogens with zero attached hydrogens (tertiary/aromatic N) is 3. The molecule has 2 N–H and O–H groups in total. The quantitative estimate of drug-likeness (QED) is 0.343. The van der Waals surface area contributed by atoms with Crippen LogP contribution in [0.15, 0.2) is 85.0 Å². The van der Waals surface area contributed by atoms with Crippen LogP contribution in [0.3, 0.4) is 0 Å². The molecule has 0 saturated carbocycles. The van der Waals surface area contributed by atoms with E-state index in [9.17, 15) is 4.79 Å². The standard InChI is InChI=1S/C31H29N5O/c1-36-19-18-25-23(20-36)10-7-13-27(25)33-30(37)22-14-16-24(17-15-22)32-31-34-28-12-6-5-11-26(28)29(35-31)21-8-3-2-4-9-21/h2-3,5-8,10-17H,4,9,18-20H2,1H3,(H,33,37)(H,32,34,35). The van der Waals surface area contributed by atoms with Gasteiger partial charge in [-0.1, -0.05) is 48.6 Å². The number of hydrogen-bond donors (Lipinski definition) is 2. The molecule has 0 unspecified atom stereocenters. The first kappa shape index (κ1) is 23.1. The summed E-state index contributed by atoms with van der Waals surface area (Å²) in [5.41, 5.74) is 7.93. The van der Waals surface area contributed by atoms with E-state index >= 15 is 0 Å². The molecule has 4 aromatic rings. The number of aromatic nitrogens is 2. The van der Waals surface area contributed by atoms with Gasteiger partial charge in [-0.25, -0.2) is 9.97 Å². The number of fused-ring (bicyclic) bond motifs is 2. The highest BCUT2D eigenvalue weighted by atomic mass is 16.1. The lowest BCUT2D eigenvalue weighted by atomic mass is 9.98. The van der Waals surface area contributed by atoms with Crippen molar-refractivity contribution in [1.82, 2.24) is 14.9 Å². The van der Waals surface area contributed by atoms with E-state index in [2.05, 4.69) is 52.9 Å². The Balaban J connectivity index is 1.21. The molecule has 0 radical (unpaired) electrons. The summed E-state index contributed by atoms with van der Waals surface area (Å²) >= 11 is 0.